The van der Waals surface area contributed by atoms with E-state index in [9.17, 15) is 4.79 Å². The van der Waals surface area contributed by atoms with Crippen molar-refractivity contribution in [1.82, 2.24) is 4.98 Å². The number of hydrogen-bond donors (Lipinski definition) is 1. The lowest BCUT2D eigenvalue weighted by molar-refractivity contribution is 0.0697. The molecular weight excluding hydrogens is 248 g/mol. The molecule has 1 atom stereocenters. The summed E-state index contributed by atoms with van der Waals surface area (Å²) in [5.41, 5.74) is 1.36. The maximum atomic E-state index is 10.9. The Bertz CT molecular complexity index is 622. The Labute approximate surface area is 109 Å². The molecule has 100 valence electrons. The van der Waals surface area contributed by atoms with Gasteiger partial charge in [0.2, 0.25) is 0 Å². The number of carbonyl (C=O) groups is 1. The largest absolute Gasteiger partial charge is 0.478 e. The molecule has 1 N–H and O–H groups in total. The molecule has 1 unspecified atom stereocenters. The van der Waals surface area contributed by atoms with Crippen molar-refractivity contribution in [3.05, 3.63) is 23.8 Å². The molecule has 6 heteroatoms. The lowest BCUT2D eigenvalue weighted by Gasteiger charge is -2.12. The topological polar surface area (TPSA) is 75.8 Å². The van der Waals surface area contributed by atoms with Crippen LogP contribution in [0.4, 0.5) is 6.01 Å². The van der Waals surface area contributed by atoms with Gasteiger partial charge >= 0.3 is 5.97 Å². The summed E-state index contributed by atoms with van der Waals surface area (Å²) < 4.78 is 10.9. The highest BCUT2D eigenvalue weighted by Crippen LogP contribution is 2.26. The molecule has 6 nitrogen and oxygen atoms in total. The van der Waals surface area contributed by atoms with Crippen molar-refractivity contribution >= 4 is 23.1 Å². The number of fused-ring (bicyclic) bond motifs is 1. The van der Waals surface area contributed by atoms with Crippen molar-refractivity contribution in [3.8, 4) is 0 Å². The van der Waals surface area contributed by atoms with E-state index in [2.05, 4.69) is 4.98 Å². The summed E-state index contributed by atoms with van der Waals surface area (Å²) in [7, 11) is 1.69. The van der Waals surface area contributed by atoms with Gasteiger partial charge in [-0.15, -0.1) is 0 Å². The molecule has 3 rings (SSSR count). The molecule has 2 aromatic rings. The van der Waals surface area contributed by atoms with Gasteiger partial charge in [0.05, 0.1) is 11.7 Å². The van der Waals surface area contributed by atoms with Crippen LogP contribution in [0.3, 0.4) is 0 Å². The maximum absolute atomic E-state index is 10.9. The van der Waals surface area contributed by atoms with Crippen molar-refractivity contribution in [2.75, 3.05) is 25.1 Å². The Morgan fingerprint density at radius 1 is 1.58 bits per heavy atom. The summed E-state index contributed by atoms with van der Waals surface area (Å²) in [4.78, 5) is 17.3. The first kappa shape index (κ1) is 12.0. The third-order valence-electron chi connectivity index (χ3n) is 3.37. The van der Waals surface area contributed by atoms with Gasteiger partial charge in [-0.3, -0.25) is 0 Å². The van der Waals surface area contributed by atoms with Crippen LogP contribution in [0.2, 0.25) is 0 Å². The lowest BCUT2D eigenvalue weighted by atomic mass is 10.2. The first-order valence-corrected chi connectivity index (χ1v) is 6.09. The van der Waals surface area contributed by atoms with E-state index in [1.54, 1.807) is 13.2 Å². The number of rotatable bonds is 3. The van der Waals surface area contributed by atoms with E-state index in [1.165, 1.54) is 12.1 Å². The second-order valence-electron chi connectivity index (χ2n) is 4.58. The third kappa shape index (κ3) is 2.15. The highest BCUT2D eigenvalue weighted by molar-refractivity contribution is 5.92. The number of aromatic nitrogens is 1. The van der Waals surface area contributed by atoms with Crippen LogP contribution in [0.5, 0.6) is 0 Å². The van der Waals surface area contributed by atoms with Crippen LogP contribution >= 0.6 is 0 Å². The van der Waals surface area contributed by atoms with Gasteiger partial charge in [0.15, 0.2) is 5.58 Å². The number of nitrogens with zero attached hydrogens (tertiary/aromatic N) is 2. The Hall–Kier alpha value is -2.08. The van der Waals surface area contributed by atoms with Crippen LogP contribution in [0.25, 0.3) is 11.1 Å². The van der Waals surface area contributed by atoms with Crippen molar-refractivity contribution in [3.63, 3.8) is 0 Å². The van der Waals surface area contributed by atoms with Gasteiger partial charge in [0.1, 0.15) is 5.52 Å². The number of hydrogen-bond acceptors (Lipinski definition) is 5. The second-order valence-corrected chi connectivity index (χ2v) is 4.58. The van der Waals surface area contributed by atoms with Crippen LogP contribution in [-0.4, -0.2) is 42.4 Å². The van der Waals surface area contributed by atoms with Gasteiger partial charge < -0.3 is 19.2 Å². The van der Waals surface area contributed by atoms with Crippen LogP contribution in [0.1, 0.15) is 16.8 Å². The number of ether oxygens (including phenoxy) is 1. The van der Waals surface area contributed by atoms with E-state index >= 15 is 0 Å². The van der Waals surface area contributed by atoms with E-state index in [-0.39, 0.29) is 11.7 Å². The normalized spacial score (nSPS) is 19.2. The number of carboxylic acids is 1. The van der Waals surface area contributed by atoms with E-state index < -0.39 is 5.97 Å². The van der Waals surface area contributed by atoms with E-state index in [4.69, 9.17) is 14.3 Å². The molecule has 1 aliphatic rings. The van der Waals surface area contributed by atoms with E-state index in [0.717, 1.165) is 19.5 Å². The van der Waals surface area contributed by atoms with Crippen LogP contribution < -0.4 is 4.90 Å². The molecule has 0 radical (unpaired) electrons. The number of benzene rings is 1. The minimum absolute atomic E-state index is 0.199. The molecule has 0 bridgehead atoms. The molecule has 2 heterocycles. The molecule has 0 saturated carbocycles. The molecule has 0 spiro atoms. The zero-order valence-electron chi connectivity index (χ0n) is 10.5. The SMILES string of the molecule is COC1CCN(c2nc3ccc(C(=O)O)cc3o2)C1. The Balaban J connectivity index is 1.91. The van der Waals surface area contributed by atoms with Gasteiger partial charge in [-0.2, -0.15) is 4.98 Å². The molecule has 1 aromatic heterocycles. The molecule has 1 saturated heterocycles. The smallest absolute Gasteiger partial charge is 0.335 e. The Morgan fingerprint density at radius 3 is 3.11 bits per heavy atom. The number of anilines is 1. The summed E-state index contributed by atoms with van der Waals surface area (Å²) in [5, 5.41) is 8.94. The van der Waals surface area contributed by atoms with Gasteiger partial charge in [-0.05, 0) is 24.6 Å². The molecule has 1 aromatic carbocycles. The second kappa shape index (κ2) is 4.55. The fraction of sp³-hybridized carbons (Fsp3) is 0.385. The highest BCUT2D eigenvalue weighted by Gasteiger charge is 2.25. The van der Waals surface area contributed by atoms with Crippen molar-refractivity contribution in [2.24, 2.45) is 0 Å². The Morgan fingerprint density at radius 2 is 2.42 bits per heavy atom. The first-order chi connectivity index (χ1) is 9.17. The standard InChI is InChI=1S/C13H14N2O4/c1-18-9-4-5-15(7-9)13-14-10-3-2-8(12(16)17)6-11(10)19-13/h2-3,6,9H,4-5,7H2,1H3,(H,16,17). The number of carboxylic acid groups (broad SMARTS) is 1. The first-order valence-electron chi connectivity index (χ1n) is 6.09. The minimum atomic E-state index is -0.972. The summed E-state index contributed by atoms with van der Waals surface area (Å²) in [6.07, 6.45) is 1.14. The zero-order chi connectivity index (χ0) is 13.4. The van der Waals surface area contributed by atoms with Crippen LogP contribution in [-0.2, 0) is 4.74 Å². The number of aromatic carboxylic acids is 1. The van der Waals surface area contributed by atoms with Crippen LogP contribution in [0.15, 0.2) is 22.6 Å². The molecule has 1 fully saturated rings. The molecule has 19 heavy (non-hydrogen) atoms. The fourth-order valence-electron chi connectivity index (χ4n) is 2.28. The molecule has 1 aliphatic heterocycles. The summed E-state index contributed by atoms with van der Waals surface area (Å²) >= 11 is 0. The number of methoxy groups -OCH3 is 1. The summed E-state index contributed by atoms with van der Waals surface area (Å²) in [6, 6.07) is 5.21. The average molecular weight is 262 g/mol. The quantitative estimate of drug-likeness (QED) is 0.908. The number of oxazole rings is 1. The van der Waals surface area contributed by atoms with Gasteiger partial charge in [0.25, 0.3) is 6.01 Å². The zero-order valence-corrected chi connectivity index (χ0v) is 10.5. The van der Waals surface area contributed by atoms with Crippen LogP contribution in [0, 0.1) is 0 Å². The van der Waals surface area contributed by atoms with Crippen molar-refractivity contribution in [1.29, 1.82) is 0 Å². The third-order valence-corrected chi connectivity index (χ3v) is 3.37. The monoisotopic (exact) mass is 262 g/mol. The maximum Gasteiger partial charge on any atom is 0.335 e. The van der Waals surface area contributed by atoms with Gasteiger partial charge in [-0.1, -0.05) is 0 Å². The minimum Gasteiger partial charge on any atom is -0.478 e. The molecular formula is C13H14N2O4. The fourth-order valence-corrected chi connectivity index (χ4v) is 2.28. The van der Waals surface area contributed by atoms with E-state index in [0.29, 0.717) is 17.1 Å². The lowest BCUT2D eigenvalue weighted by Crippen LogP contribution is -2.22. The van der Waals surface area contributed by atoms with Crippen molar-refractivity contribution < 1.29 is 19.1 Å². The summed E-state index contributed by atoms with van der Waals surface area (Å²) in [5.74, 6) is -0.972. The predicted molar refractivity (Wildman–Crippen MR) is 68.6 cm³/mol. The molecule has 0 amide bonds. The van der Waals surface area contributed by atoms with Gasteiger partial charge in [0, 0.05) is 20.2 Å². The predicted octanol–water partition coefficient (Wildman–Crippen LogP) is 1.75. The molecule has 0 aliphatic carbocycles. The Kier molecular flexibility index (Phi) is 2.87. The van der Waals surface area contributed by atoms with Gasteiger partial charge in [-0.25, -0.2) is 4.79 Å². The summed E-state index contributed by atoms with van der Waals surface area (Å²) in [6.45, 7) is 1.58. The average Bonchev–Trinajstić information content (AvgIpc) is 3.03. The van der Waals surface area contributed by atoms with Crippen molar-refractivity contribution in [2.45, 2.75) is 12.5 Å². The highest BCUT2D eigenvalue weighted by atomic mass is 16.5. The van der Waals surface area contributed by atoms with E-state index in [1.807, 2.05) is 4.90 Å².